The Morgan fingerprint density at radius 2 is 0.781 bits per heavy atom. The van der Waals surface area contributed by atoms with E-state index >= 15 is 0 Å². The van der Waals surface area contributed by atoms with Gasteiger partial charge in [-0.2, -0.15) is 0 Å². The second-order valence-electron chi connectivity index (χ2n) is 14.3. The summed E-state index contributed by atoms with van der Waals surface area (Å²) < 4.78 is 0. The predicted molar refractivity (Wildman–Crippen MR) is 146 cm³/mol. The second-order valence-corrected chi connectivity index (χ2v) is 14.3. The van der Waals surface area contributed by atoms with Gasteiger partial charge in [-0.1, -0.05) is 132 Å². The zero-order valence-electron chi connectivity index (χ0n) is 23.4. The van der Waals surface area contributed by atoms with Gasteiger partial charge in [0.15, 0.2) is 0 Å². The van der Waals surface area contributed by atoms with Crippen LogP contribution in [0.15, 0.2) is 48.5 Å². The first-order chi connectivity index (χ1) is 14.3. The third-order valence-corrected chi connectivity index (χ3v) is 5.48. The highest BCUT2D eigenvalue weighted by atomic mass is 14.2. The van der Waals surface area contributed by atoms with Gasteiger partial charge in [0.1, 0.15) is 0 Å². The van der Waals surface area contributed by atoms with Gasteiger partial charge >= 0.3 is 0 Å². The van der Waals surface area contributed by atoms with Crippen molar-refractivity contribution in [1.82, 2.24) is 0 Å². The predicted octanol–water partition coefficient (Wildman–Crippen LogP) is 9.83. The quantitative estimate of drug-likeness (QED) is 0.447. The number of benzene rings is 2. The lowest BCUT2D eigenvalue weighted by Gasteiger charge is -2.21. The van der Waals surface area contributed by atoms with Gasteiger partial charge in [-0.15, -0.1) is 0 Å². The summed E-state index contributed by atoms with van der Waals surface area (Å²) in [7, 11) is 0. The van der Waals surface area contributed by atoms with Gasteiger partial charge in [-0.3, -0.25) is 0 Å². The van der Waals surface area contributed by atoms with Crippen molar-refractivity contribution in [2.24, 2.45) is 16.2 Å². The van der Waals surface area contributed by atoms with Crippen LogP contribution in [0.2, 0.25) is 0 Å². The van der Waals surface area contributed by atoms with Crippen LogP contribution in [0.4, 0.5) is 0 Å². The molecule has 0 aromatic heterocycles. The highest BCUT2D eigenvalue weighted by Crippen LogP contribution is 2.26. The summed E-state index contributed by atoms with van der Waals surface area (Å²) in [4.78, 5) is 0. The van der Waals surface area contributed by atoms with Crippen molar-refractivity contribution in [3.05, 3.63) is 70.8 Å². The van der Waals surface area contributed by atoms with Crippen LogP contribution >= 0.6 is 0 Å². The fraction of sp³-hybridized carbons (Fsp3) is 0.625. The fourth-order valence-electron chi connectivity index (χ4n) is 3.69. The van der Waals surface area contributed by atoms with Crippen LogP contribution in [0.1, 0.15) is 112 Å². The molecule has 0 spiro atoms. The molecule has 0 saturated carbocycles. The molecule has 2 aromatic rings. The Morgan fingerprint density at radius 1 is 0.438 bits per heavy atom. The number of aryl methyl sites for hydroxylation is 1. The monoisotopic (exact) mass is 436 g/mol. The molecular weight excluding hydrogens is 384 g/mol. The molecular formula is C32H52. The highest BCUT2D eigenvalue weighted by Gasteiger charge is 2.15. The molecule has 0 amide bonds. The van der Waals surface area contributed by atoms with Crippen molar-refractivity contribution in [3.8, 4) is 0 Å². The Balaban J connectivity index is 0.000000323. The molecule has 32 heavy (non-hydrogen) atoms. The van der Waals surface area contributed by atoms with Crippen LogP contribution in [0, 0.1) is 16.2 Å². The Hall–Kier alpha value is -1.56. The van der Waals surface area contributed by atoms with Crippen LogP contribution in [-0.4, -0.2) is 0 Å². The first-order valence-electron chi connectivity index (χ1n) is 12.5. The number of hydrogen-bond acceptors (Lipinski definition) is 0. The van der Waals surface area contributed by atoms with Crippen LogP contribution < -0.4 is 0 Å². The van der Waals surface area contributed by atoms with Crippen molar-refractivity contribution in [2.45, 2.75) is 114 Å². The van der Waals surface area contributed by atoms with Gasteiger partial charge < -0.3 is 0 Å². The summed E-state index contributed by atoms with van der Waals surface area (Å²) in [5.74, 6) is 0. The molecule has 0 N–H and O–H groups in total. The molecule has 0 aliphatic rings. The molecule has 0 nitrogen and oxygen atoms in total. The lowest BCUT2D eigenvalue weighted by molar-refractivity contribution is 0.378. The van der Waals surface area contributed by atoms with Gasteiger partial charge in [0.2, 0.25) is 0 Å². The normalized spacial score (nSPS) is 12.9. The van der Waals surface area contributed by atoms with Gasteiger partial charge in [0.25, 0.3) is 0 Å². The highest BCUT2D eigenvalue weighted by molar-refractivity contribution is 5.28. The van der Waals surface area contributed by atoms with Gasteiger partial charge in [-0.05, 0) is 69.6 Å². The zero-order chi connectivity index (χ0) is 24.8. The molecule has 0 aliphatic heterocycles. The van der Waals surface area contributed by atoms with Gasteiger partial charge in [0.05, 0.1) is 0 Å². The second kappa shape index (κ2) is 11.0. The molecule has 0 bridgehead atoms. The van der Waals surface area contributed by atoms with E-state index in [0.29, 0.717) is 16.2 Å². The average molecular weight is 437 g/mol. The van der Waals surface area contributed by atoms with E-state index in [4.69, 9.17) is 0 Å². The van der Waals surface area contributed by atoms with Crippen molar-refractivity contribution in [1.29, 1.82) is 0 Å². The molecule has 2 rings (SSSR count). The molecule has 0 radical (unpaired) electrons. The maximum Gasteiger partial charge on any atom is -0.0132 e. The van der Waals surface area contributed by atoms with Crippen molar-refractivity contribution in [3.63, 3.8) is 0 Å². The summed E-state index contributed by atoms with van der Waals surface area (Å²) >= 11 is 0. The molecule has 0 saturated heterocycles. The summed E-state index contributed by atoms with van der Waals surface area (Å²) in [5, 5.41) is 0. The molecule has 0 aliphatic carbocycles. The van der Waals surface area contributed by atoms with E-state index in [0.717, 1.165) is 12.8 Å². The summed E-state index contributed by atoms with van der Waals surface area (Å²) in [6.07, 6.45) is 4.76. The Kier molecular flexibility index (Phi) is 9.82. The van der Waals surface area contributed by atoms with E-state index in [1.165, 1.54) is 35.1 Å². The maximum absolute atomic E-state index is 2.31. The number of hydrogen-bond donors (Lipinski definition) is 0. The summed E-state index contributed by atoms with van der Waals surface area (Å²) in [6, 6.07) is 18.3. The van der Waals surface area contributed by atoms with Crippen LogP contribution in [-0.2, 0) is 24.7 Å². The minimum atomic E-state index is 0.264. The van der Waals surface area contributed by atoms with Crippen molar-refractivity contribution >= 4 is 0 Å². The fourth-order valence-corrected chi connectivity index (χ4v) is 3.69. The van der Waals surface area contributed by atoms with E-state index < -0.39 is 0 Å². The lowest BCUT2D eigenvalue weighted by Crippen LogP contribution is -2.12. The Labute approximate surface area is 201 Å². The Bertz CT molecular complexity index is 776. The van der Waals surface area contributed by atoms with E-state index in [1.54, 1.807) is 0 Å². The van der Waals surface area contributed by atoms with E-state index in [2.05, 4.69) is 132 Å². The minimum Gasteiger partial charge on any atom is -0.0602 e. The smallest absolute Gasteiger partial charge is 0.0132 e. The molecule has 0 heteroatoms. The van der Waals surface area contributed by atoms with Gasteiger partial charge in [-0.25, -0.2) is 0 Å². The average Bonchev–Trinajstić information content (AvgIpc) is 2.58. The van der Waals surface area contributed by atoms with Crippen molar-refractivity contribution < 1.29 is 0 Å². The van der Waals surface area contributed by atoms with Crippen molar-refractivity contribution in [2.75, 3.05) is 0 Å². The third kappa shape index (κ3) is 13.1. The molecule has 0 heterocycles. The topological polar surface area (TPSA) is 0 Å². The first kappa shape index (κ1) is 28.5. The summed E-state index contributed by atoms with van der Waals surface area (Å²) in [6.45, 7) is 27.4. The zero-order valence-corrected chi connectivity index (χ0v) is 23.4. The van der Waals surface area contributed by atoms with E-state index in [9.17, 15) is 0 Å². The van der Waals surface area contributed by atoms with Gasteiger partial charge in [0, 0.05) is 0 Å². The van der Waals surface area contributed by atoms with E-state index in [-0.39, 0.29) is 5.41 Å². The molecule has 0 unspecified atom stereocenters. The van der Waals surface area contributed by atoms with Crippen LogP contribution in [0.3, 0.4) is 0 Å². The van der Waals surface area contributed by atoms with Crippen LogP contribution in [0.5, 0.6) is 0 Å². The first-order valence-corrected chi connectivity index (χ1v) is 12.5. The molecule has 180 valence electrons. The third-order valence-electron chi connectivity index (χ3n) is 5.48. The summed E-state index contributed by atoms with van der Waals surface area (Å²) in [5.41, 5.74) is 7.24. The minimum absolute atomic E-state index is 0.264. The lowest BCUT2D eigenvalue weighted by atomic mass is 9.84. The number of rotatable bonds is 4. The molecule has 2 aromatic carbocycles. The molecule has 0 fully saturated rings. The Morgan fingerprint density at radius 3 is 1.09 bits per heavy atom. The van der Waals surface area contributed by atoms with E-state index in [1.807, 2.05) is 0 Å². The maximum atomic E-state index is 2.31. The standard InChI is InChI=1S/C17H28.C15H24/c1-16(2,3)12-11-14-7-9-15(10-8-14)13-17(4,5)6;1-14(2,3)11-12-7-9-13(10-8-12)15(4,5)6/h7-10H,11-13H2,1-6H3;7-10H,11H2,1-6H3. The SMILES string of the molecule is CC(C)(C)CCc1ccc(CC(C)(C)C)cc1.CC(C)(C)Cc1ccc(C(C)(C)C)cc1. The van der Waals surface area contributed by atoms with Crippen LogP contribution in [0.25, 0.3) is 0 Å². The molecule has 0 atom stereocenters. The largest absolute Gasteiger partial charge is 0.0602 e.